The van der Waals surface area contributed by atoms with E-state index in [2.05, 4.69) is 5.48 Å². The average Bonchev–Trinajstić information content (AvgIpc) is 2.24. The summed E-state index contributed by atoms with van der Waals surface area (Å²) >= 11 is 0. The fourth-order valence-corrected chi connectivity index (χ4v) is 1.77. The maximum atomic E-state index is 13.3. The molecule has 0 radical (unpaired) electrons. The molecule has 0 aliphatic carbocycles. The van der Waals surface area contributed by atoms with Gasteiger partial charge in [-0.25, -0.2) is 4.39 Å². The van der Waals surface area contributed by atoms with Gasteiger partial charge < -0.3 is 9.57 Å². The number of ether oxygens (including phenoxy) is 1. The van der Waals surface area contributed by atoms with Crippen LogP contribution in [0.15, 0.2) is 12.1 Å². The third kappa shape index (κ3) is 2.93. The second-order valence-corrected chi connectivity index (χ2v) is 3.86. The third-order valence-corrected chi connectivity index (χ3v) is 2.40. The molecule has 0 amide bonds. The van der Waals surface area contributed by atoms with Crippen LogP contribution in [0.25, 0.3) is 0 Å². The molecule has 0 unspecified atom stereocenters. The van der Waals surface area contributed by atoms with Gasteiger partial charge in [0.05, 0.1) is 14.2 Å². The molecule has 16 heavy (non-hydrogen) atoms. The summed E-state index contributed by atoms with van der Waals surface area (Å²) in [4.78, 5) is 4.78. The summed E-state index contributed by atoms with van der Waals surface area (Å²) in [5.41, 5.74) is 4.58. The molecular formula is C12H18FNO2. The molecule has 4 heteroatoms. The molecule has 90 valence electrons. The molecule has 0 saturated carbocycles. The van der Waals surface area contributed by atoms with Crippen LogP contribution in [-0.4, -0.2) is 14.2 Å². The van der Waals surface area contributed by atoms with Gasteiger partial charge in [0.1, 0.15) is 11.6 Å². The first-order valence-electron chi connectivity index (χ1n) is 5.22. The second-order valence-electron chi connectivity index (χ2n) is 3.86. The van der Waals surface area contributed by atoms with Crippen LogP contribution in [0, 0.1) is 5.82 Å². The van der Waals surface area contributed by atoms with Gasteiger partial charge in [-0.1, -0.05) is 13.8 Å². The molecule has 1 aromatic carbocycles. The fraction of sp³-hybridized carbons (Fsp3) is 0.500. The number of hydroxylamine groups is 1. The van der Waals surface area contributed by atoms with E-state index in [9.17, 15) is 4.39 Å². The van der Waals surface area contributed by atoms with Gasteiger partial charge in [-0.3, -0.25) is 0 Å². The Hall–Kier alpha value is -1.13. The number of nitrogens with one attached hydrogen (secondary N) is 1. The molecule has 0 atom stereocenters. The lowest BCUT2D eigenvalue weighted by Crippen LogP contribution is -2.14. The van der Waals surface area contributed by atoms with E-state index in [0.717, 1.165) is 11.1 Å². The Morgan fingerprint density at radius 1 is 1.31 bits per heavy atom. The number of halogens is 1. The molecule has 0 spiro atoms. The molecule has 0 aliphatic heterocycles. The van der Waals surface area contributed by atoms with Crippen LogP contribution in [0.5, 0.6) is 5.75 Å². The van der Waals surface area contributed by atoms with E-state index < -0.39 is 0 Å². The minimum Gasteiger partial charge on any atom is -0.496 e. The van der Waals surface area contributed by atoms with Crippen LogP contribution in [-0.2, 0) is 11.4 Å². The highest BCUT2D eigenvalue weighted by atomic mass is 19.1. The standard InChI is InChI=1S/C12H18FNO2/c1-8(2)12-9(7-14-16-4)5-10(13)6-11(12)15-3/h5-6,8,14H,7H2,1-4H3. The zero-order chi connectivity index (χ0) is 12.1. The number of methoxy groups -OCH3 is 1. The normalized spacial score (nSPS) is 10.9. The highest BCUT2D eigenvalue weighted by molar-refractivity contribution is 5.43. The Bertz CT molecular complexity index is 353. The predicted molar refractivity (Wildman–Crippen MR) is 60.9 cm³/mol. The van der Waals surface area contributed by atoms with Gasteiger partial charge in [-0.2, -0.15) is 5.48 Å². The van der Waals surface area contributed by atoms with Crippen LogP contribution in [0.2, 0.25) is 0 Å². The highest BCUT2D eigenvalue weighted by Crippen LogP contribution is 2.31. The molecule has 0 heterocycles. The molecule has 0 aliphatic rings. The van der Waals surface area contributed by atoms with E-state index in [1.807, 2.05) is 13.8 Å². The van der Waals surface area contributed by atoms with E-state index in [-0.39, 0.29) is 11.7 Å². The Morgan fingerprint density at radius 3 is 2.50 bits per heavy atom. The van der Waals surface area contributed by atoms with Gasteiger partial charge in [0, 0.05) is 18.2 Å². The summed E-state index contributed by atoms with van der Waals surface area (Å²) in [6.07, 6.45) is 0. The first kappa shape index (κ1) is 12.9. The minimum atomic E-state index is -0.297. The van der Waals surface area contributed by atoms with Crippen molar-refractivity contribution in [2.45, 2.75) is 26.3 Å². The Morgan fingerprint density at radius 2 is 2.00 bits per heavy atom. The molecule has 1 aromatic rings. The minimum absolute atomic E-state index is 0.268. The predicted octanol–water partition coefficient (Wildman–Crippen LogP) is 2.61. The fourth-order valence-electron chi connectivity index (χ4n) is 1.77. The lowest BCUT2D eigenvalue weighted by molar-refractivity contribution is 0.0863. The van der Waals surface area contributed by atoms with Crippen molar-refractivity contribution in [3.05, 3.63) is 29.1 Å². The molecule has 0 saturated heterocycles. The van der Waals surface area contributed by atoms with Gasteiger partial charge in [-0.05, 0) is 17.5 Å². The van der Waals surface area contributed by atoms with E-state index in [4.69, 9.17) is 9.57 Å². The lowest BCUT2D eigenvalue weighted by atomic mass is 9.96. The van der Waals surface area contributed by atoms with Gasteiger partial charge in [0.15, 0.2) is 0 Å². The van der Waals surface area contributed by atoms with Crippen molar-refractivity contribution in [3.63, 3.8) is 0 Å². The molecule has 0 fully saturated rings. The van der Waals surface area contributed by atoms with Crippen molar-refractivity contribution in [3.8, 4) is 5.75 Å². The maximum Gasteiger partial charge on any atom is 0.127 e. The van der Waals surface area contributed by atoms with Crippen LogP contribution >= 0.6 is 0 Å². The zero-order valence-electron chi connectivity index (χ0n) is 10.1. The number of hydrogen-bond acceptors (Lipinski definition) is 3. The summed E-state index contributed by atoms with van der Waals surface area (Å²) < 4.78 is 18.5. The summed E-state index contributed by atoms with van der Waals surface area (Å²) in [5.74, 6) is 0.557. The van der Waals surface area contributed by atoms with Crippen molar-refractivity contribution in [1.82, 2.24) is 5.48 Å². The van der Waals surface area contributed by atoms with Crippen LogP contribution in [0.4, 0.5) is 4.39 Å². The van der Waals surface area contributed by atoms with Crippen molar-refractivity contribution >= 4 is 0 Å². The molecule has 1 N–H and O–H groups in total. The van der Waals surface area contributed by atoms with Crippen LogP contribution < -0.4 is 10.2 Å². The Balaban J connectivity index is 3.15. The van der Waals surface area contributed by atoms with Gasteiger partial charge in [-0.15, -0.1) is 0 Å². The monoisotopic (exact) mass is 227 g/mol. The molecule has 1 rings (SSSR count). The van der Waals surface area contributed by atoms with Gasteiger partial charge in [0.2, 0.25) is 0 Å². The highest BCUT2D eigenvalue weighted by Gasteiger charge is 2.14. The third-order valence-electron chi connectivity index (χ3n) is 2.40. The number of benzene rings is 1. The van der Waals surface area contributed by atoms with E-state index in [1.54, 1.807) is 7.11 Å². The van der Waals surface area contributed by atoms with Gasteiger partial charge in [0.25, 0.3) is 0 Å². The average molecular weight is 227 g/mol. The molecule has 0 aromatic heterocycles. The van der Waals surface area contributed by atoms with Crippen molar-refractivity contribution in [2.24, 2.45) is 0 Å². The van der Waals surface area contributed by atoms with Crippen molar-refractivity contribution in [1.29, 1.82) is 0 Å². The Kier molecular flexibility index (Phi) is 4.71. The first-order valence-corrected chi connectivity index (χ1v) is 5.22. The van der Waals surface area contributed by atoms with Crippen molar-refractivity contribution < 1.29 is 14.0 Å². The van der Waals surface area contributed by atoms with Crippen LogP contribution in [0.1, 0.15) is 30.9 Å². The van der Waals surface area contributed by atoms with Crippen molar-refractivity contribution in [2.75, 3.05) is 14.2 Å². The van der Waals surface area contributed by atoms with E-state index in [1.165, 1.54) is 19.2 Å². The topological polar surface area (TPSA) is 30.5 Å². The van der Waals surface area contributed by atoms with Crippen LogP contribution in [0.3, 0.4) is 0 Å². The number of hydrogen-bond donors (Lipinski definition) is 1. The SMILES string of the molecule is CONCc1cc(F)cc(OC)c1C(C)C. The molecule has 0 bridgehead atoms. The maximum absolute atomic E-state index is 13.3. The van der Waals surface area contributed by atoms with Gasteiger partial charge >= 0.3 is 0 Å². The van der Waals surface area contributed by atoms with E-state index >= 15 is 0 Å². The first-order chi connectivity index (χ1) is 7.60. The van der Waals surface area contributed by atoms with E-state index in [0.29, 0.717) is 12.3 Å². The lowest BCUT2D eigenvalue weighted by Gasteiger charge is -2.17. The summed E-state index contributed by atoms with van der Waals surface area (Å²) in [6.45, 7) is 4.55. The summed E-state index contributed by atoms with van der Waals surface area (Å²) in [6, 6.07) is 2.91. The molecular weight excluding hydrogens is 209 g/mol. The smallest absolute Gasteiger partial charge is 0.127 e. The zero-order valence-corrected chi connectivity index (χ0v) is 10.1. The second kappa shape index (κ2) is 5.82. The largest absolute Gasteiger partial charge is 0.496 e. The molecule has 3 nitrogen and oxygen atoms in total. The Labute approximate surface area is 95.5 Å². The quantitative estimate of drug-likeness (QED) is 0.784. The number of rotatable bonds is 5. The summed E-state index contributed by atoms with van der Waals surface area (Å²) in [5, 5.41) is 0. The summed E-state index contributed by atoms with van der Waals surface area (Å²) in [7, 11) is 3.08.